The minimum atomic E-state index is -0.443. The number of para-hydroxylation sites is 1. The molecular weight excluding hydrogens is 424 g/mol. The molecule has 2 aromatic carbocycles. The zero-order valence-electron chi connectivity index (χ0n) is 18.6. The van der Waals surface area contributed by atoms with Crippen molar-refractivity contribution in [1.29, 1.82) is 0 Å². The molecule has 170 valence electrons. The lowest BCUT2D eigenvalue weighted by atomic mass is 10.1. The summed E-state index contributed by atoms with van der Waals surface area (Å²) in [4.78, 5) is 31.9. The van der Waals surface area contributed by atoms with Crippen LogP contribution in [0.2, 0.25) is 5.02 Å². The Morgan fingerprint density at radius 1 is 1.06 bits per heavy atom. The van der Waals surface area contributed by atoms with Crippen LogP contribution in [-0.4, -0.2) is 62.0 Å². The quantitative estimate of drug-likeness (QED) is 0.652. The van der Waals surface area contributed by atoms with Crippen molar-refractivity contribution in [3.8, 4) is 0 Å². The van der Waals surface area contributed by atoms with E-state index in [0.29, 0.717) is 19.4 Å². The summed E-state index contributed by atoms with van der Waals surface area (Å²) >= 11 is 6.12. The van der Waals surface area contributed by atoms with E-state index in [-0.39, 0.29) is 11.8 Å². The smallest absolute Gasteiger partial charge is 0.243 e. The maximum atomic E-state index is 12.9. The highest BCUT2D eigenvalue weighted by Gasteiger charge is 2.37. The molecule has 2 aliphatic rings. The van der Waals surface area contributed by atoms with Crippen LogP contribution < -0.4 is 15.1 Å². The Labute approximate surface area is 195 Å². The van der Waals surface area contributed by atoms with Gasteiger partial charge >= 0.3 is 0 Å². The molecule has 6 nitrogen and oxygen atoms in total. The largest absolute Gasteiger partial charge is 0.369 e. The molecule has 2 aromatic rings. The van der Waals surface area contributed by atoms with Crippen LogP contribution in [0, 0.1) is 0 Å². The first-order valence-corrected chi connectivity index (χ1v) is 11.8. The molecular formula is C25H31ClN4O2. The number of nitrogens with one attached hydrogen (secondary N) is 1. The summed E-state index contributed by atoms with van der Waals surface area (Å²) in [5, 5.41) is 3.83. The molecule has 2 amide bonds. The van der Waals surface area contributed by atoms with Crippen molar-refractivity contribution < 1.29 is 9.59 Å². The summed E-state index contributed by atoms with van der Waals surface area (Å²) in [6.45, 7) is 7.35. The van der Waals surface area contributed by atoms with Gasteiger partial charge in [-0.15, -0.1) is 0 Å². The first kappa shape index (κ1) is 22.6. The second-order valence-corrected chi connectivity index (χ2v) is 8.86. The molecule has 1 fully saturated rings. The SMILES string of the molecule is CCC(=O)N1c2ccccc2CC1C(=O)NCCCN1CCN(c2cccc(Cl)c2)CC1. The monoisotopic (exact) mass is 454 g/mol. The maximum absolute atomic E-state index is 12.9. The lowest BCUT2D eigenvalue weighted by Crippen LogP contribution is -2.49. The molecule has 1 saturated heterocycles. The molecule has 1 N–H and O–H groups in total. The van der Waals surface area contributed by atoms with E-state index in [1.807, 2.05) is 49.4 Å². The van der Waals surface area contributed by atoms with E-state index in [4.69, 9.17) is 11.6 Å². The van der Waals surface area contributed by atoms with Crippen LogP contribution >= 0.6 is 11.6 Å². The Hall–Kier alpha value is -2.57. The number of piperazine rings is 1. The first-order valence-electron chi connectivity index (χ1n) is 11.5. The first-order chi connectivity index (χ1) is 15.6. The predicted octanol–water partition coefficient (Wildman–Crippen LogP) is 3.34. The molecule has 0 aliphatic carbocycles. The standard InChI is InChI=1S/C25H31ClN4O2/c1-2-24(31)30-22-10-4-3-7-19(22)17-23(30)25(32)27-11-6-12-28-13-15-29(16-14-28)21-9-5-8-20(26)18-21/h3-5,7-10,18,23H,2,6,11-17H2,1H3,(H,27,32). The summed E-state index contributed by atoms with van der Waals surface area (Å²) < 4.78 is 0. The molecule has 0 saturated carbocycles. The summed E-state index contributed by atoms with van der Waals surface area (Å²) in [7, 11) is 0. The Morgan fingerprint density at radius 3 is 2.59 bits per heavy atom. The number of halogens is 1. The molecule has 2 heterocycles. The molecule has 0 radical (unpaired) electrons. The number of amides is 2. The van der Waals surface area contributed by atoms with Crippen LogP contribution in [-0.2, 0) is 16.0 Å². The van der Waals surface area contributed by atoms with Crippen LogP contribution in [0.3, 0.4) is 0 Å². The maximum Gasteiger partial charge on any atom is 0.243 e. The summed E-state index contributed by atoms with van der Waals surface area (Å²) in [6.07, 6.45) is 1.86. The third-order valence-corrected chi connectivity index (χ3v) is 6.58. The van der Waals surface area contributed by atoms with Crippen molar-refractivity contribution in [3.05, 3.63) is 59.1 Å². The number of anilines is 2. The molecule has 32 heavy (non-hydrogen) atoms. The van der Waals surface area contributed by atoms with E-state index in [9.17, 15) is 9.59 Å². The number of carbonyl (C=O) groups is 2. The summed E-state index contributed by atoms with van der Waals surface area (Å²) in [5.41, 5.74) is 3.11. The van der Waals surface area contributed by atoms with E-state index in [1.165, 1.54) is 5.69 Å². The van der Waals surface area contributed by atoms with Gasteiger partial charge in [0.25, 0.3) is 0 Å². The van der Waals surface area contributed by atoms with Crippen molar-refractivity contribution >= 4 is 34.8 Å². The minimum absolute atomic E-state index is 0.00678. The van der Waals surface area contributed by atoms with Gasteiger partial charge in [0.1, 0.15) is 6.04 Å². The van der Waals surface area contributed by atoms with E-state index < -0.39 is 6.04 Å². The summed E-state index contributed by atoms with van der Waals surface area (Å²) in [6, 6.07) is 15.4. The fraction of sp³-hybridized carbons (Fsp3) is 0.440. The number of benzene rings is 2. The third kappa shape index (κ3) is 5.08. The highest BCUT2D eigenvalue weighted by molar-refractivity contribution is 6.30. The molecule has 4 rings (SSSR count). The van der Waals surface area contributed by atoms with Crippen LogP contribution in [0.4, 0.5) is 11.4 Å². The van der Waals surface area contributed by atoms with E-state index in [1.54, 1.807) is 4.90 Å². The van der Waals surface area contributed by atoms with Gasteiger partial charge < -0.3 is 10.2 Å². The molecule has 7 heteroatoms. The molecule has 1 unspecified atom stereocenters. The number of nitrogens with zero attached hydrogens (tertiary/aromatic N) is 3. The summed E-state index contributed by atoms with van der Waals surface area (Å²) in [5.74, 6) is -0.0681. The van der Waals surface area contributed by atoms with Crippen LogP contribution in [0.25, 0.3) is 0 Å². The van der Waals surface area contributed by atoms with Crippen molar-refractivity contribution in [2.24, 2.45) is 0 Å². The van der Waals surface area contributed by atoms with Crippen molar-refractivity contribution in [3.63, 3.8) is 0 Å². The number of hydrogen-bond donors (Lipinski definition) is 1. The van der Waals surface area contributed by atoms with E-state index >= 15 is 0 Å². The van der Waals surface area contributed by atoms with Crippen LogP contribution in [0.1, 0.15) is 25.3 Å². The normalized spacial score (nSPS) is 18.5. The molecule has 2 aliphatic heterocycles. The van der Waals surface area contributed by atoms with Gasteiger partial charge in [0.2, 0.25) is 11.8 Å². The van der Waals surface area contributed by atoms with Crippen LogP contribution in [0.5, 0.6) is 0 Å². The van der Waals surface area contributed by atoms with Crippen molar-refractivity contribution in [2.45, 2.75) is 32.2 Å². The van der Waals surface area contributed by atoms with Gasteiger partial charge in [0.05, 0.1) is 0 Å². The highest BCUT2D eigenvalue weighted by atomic mass is 35.5. The lowest BCUT2D eigenvalue weighted by Gasteiger charge is -2.36. The topological polar surface area (TPSA) is 55.9 Å². The second-order valence-electron chi connectivity index (χ2n) is 8.42. The Morgan fingerprint density at radius 2 is 1.84 bits per heavy atom. The van der Waals surface area contributed by atoms with E-state index in [2.05, 4.69) is 21.2 Å². The number of rotatable bonds is 7. The second kappa shape index (κ2) is 10.4. The Balaban J connectivity index is 1.21. The van der Waals surface area contributed by atoms with Crippen LogP contribution in [0.15, 0.2) is 48.5 Å². The Bertz CT molecular complexity index is 958. The number of fused-ring (bicyclic) bond motifs is 1. The van der Waals surface area contributed by atoms with Gasteiger partial charge in [0, 0.05) is 62.0 Å². The molecule has 0 bridgehead atoms. The van der Waals surface area contributed by atoms with E-state index in [0.717, 1.165) is 55.4 Å². The number of carbonyl (C=O) groups excluding carboxylic acids is 2. The molecule has 0 aromatic heterocycles. The minimum Gasteiger partial charge on any atom is -0.369 e. The fourth-order valence-electron chi connectivity index (χ4n) is 4.61. The van der Waals surface area contributed by atoms with Gasteiger partial charge in [-0.1, -0.05) is 42.8 Å². The lowest BCUT2D eigenvalue weighted by molar-refractivity contribution is -0.126. The average Bonchev–Trinajstić information content (AvgIpc) is 3.21. The van der Waals surface area contributed by atoms with Gasteiger partial charge in [-0.3, -0.25) is 19.4 Å². The molecule has 1 atom stereocenters. The highest BCUT2D eigenvalue weighted by Crippen LogP contribution is 2.32. The zero-order valence-corrected chi connectivity index (χ0v) is 19.4. The molecule has 0 spiro atoms. The fourth-order valence-corrected chi connectivity index (χ4v) is 4.79. The predicted molar refractivity (Wildman–Crippen MR) is 129 cm³/mol. The van der Waals surface area contributed by atoms with Gasteiger partial charge in [-0.25, -0.2) is 0 Å². The van der Waals surface area contributed by atoms with Gasteiger partial charge in [-0.2, -0.15) is 0 Å². The van der Waals surface area contributed by atoms with Gasteiger partial charge in [0.15, 0.2) is 0 Å². The average molecular weight is 455 g/mol. The van der Waals surface area contributed by atoms with Crippen molar-refractivity contribution in [2.75, 3.05) is 49.1 Å². The van der Waals surface area contributed by atoms with Gasteiger partial charge in [-0.05, 0) is 42.8 Å². The Kier molecular flexibility index (Phi) is 7.33. The van der Waals surface area contributed by atoms with Crippen molar-refractivity contribution in [1.82, 2.24) is 10.2 Å². The third-order valence-electron chi connectivity index (χ3n) is 6.35. The number of hydrogen-bond acceptors (Lipinski definition) is 4. The zero-order chi connectivity index (χ0) is 22.5.